The van der Waals surface area contributed by atoms with Gasteiger partial charge in [0.25, 0.3) is 0 Å². The second-order valence-electron chi connectivity index (χ2n) is 5.50. The van der Waals surface area contributed by atoms with Crippen LogP contribution in [0.4, 0.5) is 0 Å². The van der Waals surface area contributed by atoms with Gasteiger partial charge in [0.1, 0.15) is 0 Å². The summed E-state index contributed by atoms with van der Waals surface area (Å²) in [6, 6.07) is 0. The molecule has 0 aromatic rings. The van der Waals surface area contributed by atoms with Gasteiger partial charge in [0, 0.05) is 11.1 Å². The summed E-state index contributed by atoms with van der Waals surface area (Å²) < 4.78 is 0. The Bertz CT molecular complexity index is 193. The maximum atomic E-state index is 6.12. The molecule has 2 nitrogen and oxygen atoms in total. The molecule has 0 radical (unpaired) electrons. The fourth-order valence-electron chi connectivity index (χ4n) is 1.92. The van der Waals surface area contributed by atoms with Crippen LogP contribution in [0.3, 0.4) is 0 Å². The SMILES string of the molecule is C=CCC(C)(N)CCCCC(C)(N)CC=C. The number of nitrogens with two attached hydrogens (primary N) is 2. The first-order chi connectivity index (χ1) is 7.33. The fraction of sp³-hybridized carbons (Fsp3) is 0.714. The predicted molar refractivity (Wildman–Crippen MR) is 73.3 cm³/mol. The molecule has 2 atom stereocenters. The van der Waals surface area contributed by atoms with Crippen LogP contribution in [0.2, 0.25) is 0 Å². The molecule has 0 saturated heterocycles. The maximum Gasteiger partial charge on any atom is 0.0160 e. The minimum Gasteiger partial charge on any atom is -0.325 e. The van der Waals surface area contributed by atoms with E-state index in [9.17, 15) is 0 Å². The van der Waals surface area contributed by atoms with Crippen molar-refractivity contribution in [2.75, 3.05) is 0 Å². The molecule has 0 fully saturated rings. The summed E-state index contributed by atoms with van der Waals surface area (Å²) in [5, 5.41) is 0. The second kappa shape index (κ2) is 6.87. The Morgan fingerprint density at radius 1 is 0.875 bits per heavy atom. The zero-order valence-corrected chi connectivity index (χ0v) is 11.0. The lowest BCUT2D eigenvalue weighted by Crippen LogP contribution is -2.37. The third kappa shape index (κ3) is 7.66. The van der Waals surface area contributed by atoms with Crippen LogP contribution in [0.5, 0.6) is 0 Å². The predicted octanol–water partition coefficient (Wildman–Crippen LogP) is 3.13. The fourth-order valence-corrected chi connectivity index (χ4v) is 1.92. The first kappa shape index (κ1) is 15.4. The van der Waals surface area contributed by atoms with Gasteiger partial charge < -0.3 is 11.5 Å². The molecule has 0 spiro atoms. The Morgan fingerprint density at radius 3 is 1.44 bits per heavy atom. The summed E-state index contributed by atoms with van der Waals surface area (Å²) in [4.78, 5) is 0. The average molecular weight is 224 g/mol. The largest absolute Gasteiger partial charge is 0.325 e. The van der Waals surface area contributed by atoms with Gasteiger partial charge in [-0.3, -0.25) is 0 Å². The summed E-state index contributed by atoms with van der Waals surface area (Å²) in [6.07, 6.45) is 9.86. The first-order valence-electron chi connectivity index (χ1n) is 6.12. The van der Waals surface area contributed by atoms with Gasteiger partial charge in [-0.1, -0.05) is 25.0 Å². The van der Waals surface area contributed by atoms with Gasteiger partial charge in [-0.05, 0) is 39.5 Å². The lowest BCUT2D eigenvalue weighted by molar-refractivity contribution is 0.374. The summed E-state index contributed by atoms with van der Waals surface area (Å²) in [6.45, 7) is 11.6. The Labute approximate surface area is 101 Å². The molecular formula is C14H28N2. The topological polar surface area (TPSA) is 52.0 Å². The van der Waals surface area contributed by atoms with E-state index in [-0.39, 0.29) is 11.1 Å². The van der Waals surface area contributed by atoms with Crippen molar-refractivity contribution >= 4 is 0 Å². The van der Waals surface area contributed by atoms with E-state index in [1.807, 2.05) is 12.2 Å². The van der Waals surface area contributed by atoms with Crippen LogP contribution in [0.15, 0.2) is 25.3 Å². The maximum absolute atomic E-state index is 6.12. The summed E-state index contributed by atoms with van der Waals surface area (Å²) >= 11 is 0. The molecule has 0 amide bonds. The minimum atomic E-state index is -0.106. The average Bonchev–Trinajstić information content (AvgIpc) is 2.12. The molecule has 16 heavy (non-hydrogen) atoms. The van der Waals surface area contributed by atoms with Crippen molar-refractivity contribution in [2.24, 2.45) is 11.5 Å². The molecule has 0 aliphatic rings. The van der Waals surface area contributed by atoms with Crippen molar-refractivity contribution < 1.29 is 0 Å². The summed E-state index contributed by atoms with van der Waals surface area (Å²) in [5.74, 6) is 0. The Kier molecular flexibility index (Phi) is 6.61. The van der Waals surface area contributed by atoms with E-state index in [4.69, 9.17) is 11.5 Å². The number of unbranched alkanes of at least 4 members (excludes halogenated alkanes) is 1. The Hall–Kier alpha value is -0.600. The molecule has 0 bridgehead atoms. The quantitative estimate of drug-likeness (QED) is 0.467. The van der Waals surface area contributed by atoms with Crippen molar-refractivity contribution in [3.05, 3.63) is 25.3 Å². The zero-order chi connectivity index (χ0) is 12.7. The van der Waals surface area contributed by atoms with Gasteiger partial charge in [-0.15, -0.1) is 13.2 Å². The van der Waals surface area contributed by atoms with Crippen LogP contribution < -0.4 is 11.5 Å². The first-order valence-corrected chi connectivity index (χ1v) is 6.12. The van der Waals surface area contributed by atoms with E-state index in [0.717, 1.165) is 38.5 Å². The van der Waals surface area contributed by atoms with Crippen molar-refractivity contribution in [3.63, 3.8) is 0 Å². The van der Waals surface area contributed by atoms with Crippen molar-refractivity contribution in [1.82, 2.24) is 0 Å². The summed E-state index contributed by atoms with van der Waals surface area (Å²) in [5.41, 5.74) is 12.0. The number of hydrogen-bond acceptors (Lipinski definition) is 2. The summed E-state index contributed by atoms with van der Waals surface area (Å²) in [7, 11) is 0. The third-order valence-corrected chi connectivity index (χ3v) is 2.97. The van der Waals surface area contributed by atoms with Gasteiger partial charge in [0.05, 0.1) is 0 Å². The van der Waals surface area contributed by atoms with Crippen LogP contribution in [-0.2, 0) is 0 Å². The highest BCUT2D eigenvalue weighted by molar-refractivity contribution is 4.89. The monoisotopic (exact) mass is 224 g/mol. The highest BCUT2D eigenvalue weighted by atomic mass is 14.7. The Balaban J connectivity index is 3.75. The molecule has 0 aliphatic carbocycles. The van der Waals surface area contributed by atoms with E-state index < -0.39 is 0 Å². The van der Waals surface area contributed by atoms with Gasteiger partial charge in [0.15, 0.2) is 0 Å². The van der Waals surface area contributed by atoms with Gasteiger partial charge in [0.2, 0.25) is 0 Å². The van der Waals surface area contributed by atoms with Gasteiger partial charge >= 0.3 is 0 Å². The molecule has 2 heteroatoms. The third-order valence-electron chi connectivity index (χ3n) is 2.97. The van der Waals surface area contributed by atoms with Crippen LogP contribution in [-0.4, -0.2) is 11.1 Å². The lowest BCUT2D eigenvalue weighted by atomic mass is 9.88. The molecule has 4 N–H and O–H groups in total. The van der Waals surface area contributed by atoms with E-state index in [1.165, 1.54) is 0 Å². The molecule has 0 saturated carbocycles. The molecular weight excluding hydrogens is 196 g/mol. The van der Waals surface area contributed by atoms with Crippen LogP contribution in [0.25, 0.3) is 0 Å². The van der Waals surface area contributed by atoms with Crippen LogP contribution in [0.1, 0.15) is 52.4 Å². The van der Waals surface area contributed by atoms with Crippen molar-refractivity contribution in [1.29, 1.82) is 0 Å². The molecule has 0 aliphatic heterocycles. The van der Waals surface area contributed by atoms with E-state index in [1.54, 1.807) is 0 Å². The highest BCUT2D eigenvalue weighted by Crippen LogP contribution is 2.20. The zero-order valence-electron chi connectivity index (χ0n) is 11.0. The second-order valence-corrected chi connectivity index (χ2v) is 5.50. The Morgan fingerprint density at radius 2 is 1.19 bits per heavy atom. The number of rotatable bonds is 9. The molecule has 0 heterocycles. The van der Waals surface area contributed by atoms with Crippen molar-refractivity contribution in [3.8, 4) is 0 Å². The van der Waals surface area contributed by atoms with E-state index in [2.05, 4.69) is 27.0 Å². The van der Waals surface area contributed by atoms with Crippen LogP contribution in [0, 0.1) is 0 Å². The normalized spacial score (nSPS) is 18.5. The molecule has 0 rings (SSSR count). The minimum absolute atomic E-state index is 0.106. The number of hydrogen-bond donors (Lipinski definition) is 2. The molecule has 94 valence electrons. The van der Waals surface area contributed by atoms with E-state index >= 15 is 0 Å². The van der Waals surface area contributed by atoms with Gasteiger partial charge in [-0.2, -0.15) is 0 Å². The van der Waals surface area contributed by atoms with E-state index in [0.29, 0.717) is 0 Å². The van der Waals surface area contributed by atoms with Crippen molar-refractivity contribution in [2.45, 2.75) is 63.5 Å². The van der Waals surface area contributed by atoms with Crippen LogP contribution >= 0.6 is 0 Å². The smallest absolute Gasteiger partial charge is 0.0160 e. The standard InChI is InChI=1S/C14H28N2/c1-5-9-13(3,15)11-7-8-12-14(4,16)10-6-2/h5-6H,1-2,7-12,15-16H2,3-4H3. The molecule has 0 aromatic carbocycles. The highest BCUT2D eigenvalue weighted by Gasteiger charge is 2.18. The lowest BCUT2D eigenvalue weighted by Gasteiger charge is -2.25. The van der Waals surface area contributed by atoms with Gasteiger partial charge in [-0.25, -0.2) is 0 Å². The molecule has 0 aromatic heterocycles. The molecule has 2 unspecified atom stereocenters.